The SMILES string of the molecule is N#Cc1ccc(S(=O)(=O)NCCCCC(N)=O)cc1. The summed E-state index contributed by atoms with van der Waals surface area (Å²) in [4.78, 5) is 10.6. The highest BCUT2D eigenvalue weighted by molar-refractivity contribution is 7.89. The molecule has 1 amide bonds. The van der Waals surface area contributed by atoms with Gasteiger partial charge >= 0.3 is 0 Å². The van der Waals surface area contributed by atoms with Crippen LogP contribution in [0.5, 0.6) is 0 Å². The van der Waals surface area contributed by atoms with Crippen molar-refractivity contribution >= 4 is 15.9 Å². The van der Waals surface area contributed by atoms with E-state index in [1.165, 1.54) is 24.3 Å². The third-order valence-electron chi connectivity index (χ3n) is 2.44. The number of sulfonamides is 1. The van der Waals surface area contributed by atoms with Gasteiger partial charge in [-0.05, 0) is 37.1 Å². The van der Waals surface area contributed by atoms with Crippen LogP contribution in [0.25, 0.3) is 0 Å². The lowest BCUT2D eigenvalue weighted by Crippen LogP contribution is -2.25. The van der Waals surface area contributed by atoms with Crippen molar-refractivity contribution in [1.82, 2.24) is 4.72 Å². The van der Waals surface area contributed by atoms with Crippen LogP contribution in [-0.2, 0) is 14.8 Å². The molecule has 0 aliphatic rings. The molecule has 0 spiro atoms. The molecule has 19 heavy (non-hydrogen) atoms. The number of carbonyl (C=O) groups excluding carboxylic acids is 1. The first-order valence-corrected chi connectivity index (χ1v) is 7.22. The van der Waals surface area contributed by atoms with E-state index in [0.29, 0.717) is 18.4 Å². The second-order valence-corrected chi connectivity index (χ2v) is 5.72. The Kier molecular flexibility index (Phi) is 5.48. The van der Waals surface area contributed by atoms with E-state index in [1.54, 1.807) is 0 Å². The zero-order valence-corrected chi connectivity index (χ0v) is 11.1. The third kappa shape index (κ3) is 5.07. The number of nitriles is 1. The first-order chi connectivity index (χ1) is 8.95. The standard InChI is InChI=1S/C12H15N3O3S/c13-9-10-4-6-11(7-5-10)19(17,18)15-8-2-1-3-12(14)16/h4-7,15H,1-3,8H2,(H2,14,16). The van der Waals surface area contributed by atoms with Crippen molar-refractivity contribution < 1.29 is 13.2 Å². The van der Waals surface area contributed by atoms with E-state index in [0.717, 1.165) is 0 Å². The van der Waals surface area contributed by atoms with Gasteiger partial charge in [0.05, 0.1) is 16.5 Å². The van der Waals surface area contributed by atoms with Crippen molar-refractivity contribution in [2.24, 2.45) is 5.73 Å². The molecule has 0 aromatic heterocycles. The van der Waals surface area contributed by atoms with Gasteiger partial charge in [0.2, 0.25) is 15.9 Å². The van der Waals surface area contributed by atoms with Crippen LogP contribution in [-0.4, -0.2) is 20.9 Å². The molecule has 0 heterocycles. The minimum Gasteiger partial charge on any atom is -0.370 e. The number of unbranched alkanes of at least 4 members (excludes halogenated alkanes) is 1. The number of nitrogens with zero attached hydrogens (tertiary/aromatic N) is 1. The molecule has 0 unspecified atom stereocenters. The zero-order chi connectivity index (χ0) is 14.3. The second kappa shape index (κ2) is 6.87. The molecule has 0 radical (unpaired) electrons. The summed E-state index contributed by atoms with van der Waals surface area (Å²) in [5.41, 5.74) is 5.38. The van der Waals surface area contributed by atoms with Crippen molar-refractivity contribution in [3.63, 3.8) is 0 Å². The van der Waals surface area contributed by atoms with E-state index >= 15 is 0 Å². The average Bonchev–Trinajstić information content (AvgIpc) is 2.38. The van der Waals surface area contributed by atoms with Crippen molar-refractivity contribution in [1.29, 1.82) is 5.26 Å². The molecule has 7 heteroatoms. The van der Waals surface area contributed by atoms with Crippen LogP contribution < -0.4 is 10.5 Å². The molecular weight excluding hydrogens is 266 g/mol. The fourth-order valence-electron chi connectivity index (χ4n) is 1.42. The second-order valence-electron chi connectivity index (χ2n) is 3.96. The van der Waals surface area contributed by atoms with Gasteiger partial charge in [0.15, 0.2) is 0 Å². The summed E-state index contributed by atoms with van der Waals surface area (Å²) in [6.07, 6.45) is 1.34. The van der Waals surface area contributed by atoms with Gasteiger partial charge in [0, 0.05) is 13.0 Å². The van der Waals surface area contributed by atoms with Gasteiger partial charge < -0.3 is 5.73 Å². The topological polar surface area (TPSA) is 113 Å². The summed E-state index contributed by atoms with van der Waals surface area (Å²) in [5, 5.41) is 8.62. The predicted molar refractivity (Wildman–Crippen MR) is 69.4 cm³/mol. The molecule has 1 rings (SSSR count). The van der Waals surface area contributed by atoms with E-state index < -0.39 is 15.9 Å². The predicted octanol–water partition coefficient (Wildman–Crippen LogP) is 0.492. The maximum Gasteiger partial charge on any atom is 0.240 e. The van der Waals surface area contributed by atoms with Crippen LogP contribution in [0.4, 0.5) is 0 Å². The quantitative estimate of drug-likeness (QED) is 0.708. The molecule has 1 aromatic carbocycles. The Labute approximate surface area is 112 Å². The molecule has 1 aromatic rings. The summed E-state index contributed by atoms with van der Waals surface area (Å²) in [6, 6.07) is 7.57. The summed E-state index contributed by atoms with van der Waals surface area (Å²) in [5.74, 6) is -0.394. The van der Waals surface area contributed by atoms with Crippen molar-refractivity contribution in [2.45, 2.75) is 24.2 Å². The fourth-order valence-corrected chi connectivity index (χ4v) is 2.50. The third-order valence-corrected chi connectivity index (χ3v) is 3.91. The van der Waals surface area contributed by atoms with Crippen LogP contribution in [0.1, 0.15) is 24.8 Å². The number of hydrogen-bond acceptors (Lipinski definition) is 4. The van der Waals surface area contributed by atoms with E-state index in [2.05, 4.69) is 4.72 Å². The number of amides is 1. The van der Waals surface area contributed by atoms with E-state index in [-0.39, 0.29) is 17.9 Å². The lowest BCUT2D eigenvalue weighted by molar-refractivity contribution is -0.118. The molecule has 0 aliphatic carbocycles. The molecule has 0 saturated carbocycles. The Hall–Kier alpha value is -1.91. The van der Waals surface area contributed by atoms with Gasteiger partial charge in [-0.1, -0.05) is 0 Å². The van der Waals surface area contributed by atoms with Gasteiger partial charge in [0.25, 0.3) is 0 Å². The first kappa shape index (κ1) is 15.1. The minimum absolute atomic E-state index is 0.112. The molecular formula is C12H15N3O3S. The molecule has 0 bridgehead atoms. The number of carbonyl (C=O) groups is 1. The van der Waals surface area contributed by atoms with Gasteiger partial charge in [-0.2, -0.15) is 5.26 Å². The number of primary amides is 1. The van der Waals surface area contributed by atoms with E-state index in [1.807, 2.05) is 6.07 Å². The Bertz CT molecular complexity index is 573. The molecule has 0 atom stereocenters. The molecule has 3 N–H and O–H groups in total. The number of nitrogens with two attached hydrogens (primary N) is 1. The summed E-state index contributed by atoms with van der Waals surface area (Å²) < 4.78 is 26.1. The molecule has 0 aliphatic heterocycles. The minimum atomic E-state index is -3.56. The van der Waals surface area contributed by atoms with Crippen molar-refractivity contribution in [3.05, 3.63) is 29.8 Å². The highest BCUT2D eigenvalue weighted by Crippen LogP contribution is 2.10. The zero-order valence-electron chi connectivity index (χ0n) is 10.3. The molecule has 102 valence electrons. The van der Waals surface area contributed by atoms with Crippen LogP contribution in [0.3, 0.4) is 0 Å². The number of hydrogen-bond donors (Lipinski definition) is 2. The molecule has 0 fully saturated rings. The largest absolute Gasteiger partial charge is 0.370 e. The Morgan fingerprint density at radius 1 is 1.26 bits per heavy atom. The Balaban J connectivity index is 2.51. The smallest absolute Gasteiger partial charge is 0.240 e. The molecule has 0 saturated heterocycles. The van der Waals surface area contributed by atoms with Crippen molar-refractivity contribution in [3.8, 4) is 6.07 Å². The monoisotopic (exact) mass is 281 g/mol. The maximum atomic E-state index is 11.8. The van der Waals surface area contributed by atoms with Crippen LogP contribution >= 0.6 is 0 Å². The maximum absolute atomic E-state index is 11.8. The number of benzene rings is 1. The summed E-state index contributed by atoms with van der Waals surface area (Å²) in [7, 11) is -3.56. The Morgan fingerprint density at radius 3 is 2.42 bits per heavy atom. The normalized spacial score (nSPS) is 10.9. The van der Waals surface area contributed by atoms with Crippen LogP contribution in [0.15, 0.2) is 29.2 Å². The van der Waals surface area contributed by atoms with Gasteiger partial charge in [-0.25, -0.2) is 13.1 Å². The van der Waals surface area contributed by atoms with E-state index in [4.69, 9.17) is 11.0 Å². The van der Waals surface area contributed by atoms with E-state index in [9.17, 15) is 13.2 Å². The summed E-state index contributed by atoms with van der Waals surface area (Å²) in [6.45, 7) is 0.246. The Morgan fingerprint density at radius 2 is 1.89 bits per heavy atom. The first-order valence-electron chi connectivity index (χ1n) is 5.74. The lowest BCUT2D eigenvalue weighted by Gasteiger charge is -2.06. The average molecular weight is 281 g/mol. The lowest BCUT2D eigenvalue weighted by atomic mass is 10.2. The van der Waals surface area contributed by atoms with Gasteiger partial charge in [-0.3, -0.25) is 4.79 Å². The highest BCUT2D eigenvalue weighted by atomic mass is 32.2. The van der Waals surface area contributed by atoms with Gasteiger partial charge in [0.1, 0.15) is 0 Å². The number of rotatable bonds is 7. The molecule has 6 nitrogen and oxygen atoms in total. The highest BCUT2D eigenvalue weighted by Gasteiger charge is 2.12. The van der Waals surface area contributed by atoms with Crippen LogP contribution in [0.2, 0.25) is 0 Å². The summed E-state index contributed by atoms with van der Waals surface area (Å²) >= 11 is 0. The van der Waals surface area contributed by atoms with Crippen molar-refractivity contribution in [2.75, 3.05) is 6.54 Å². The number of nitrogens with one attached hydrogen (secondary N) is 1. The fraction of sp³-hybridized carbons (Fsp3) is 0.333. The van der Waals surface area contributed by atoms with Gasteiger partial charge in [-0.15, -0.1) is 0 Å². The van der Waals surface area contributed by atoms with Crippen LogP contribution in [0, 0.1) is 11.3 Å².